The zero-order chi connectivity index (χ0) is 14.7. The van der Waals surface area contributed by atoms with E-state index in [0.29, 0.717) is 24.9 Å². The van der Waals surface area contributed by atoms with Crippen molar-refractivity contribution in [3.63, 3.8) is 0 Å². The lowest BCUT2D eigenvalue weighted by atomic mass is 10.0. The van der Waals surface area contributed by atoms with Gasteiger partial charge in [0.25, 0.3) is 0 Å². The molecule has 6 heteroatoms. The van der Waals surface area contributed by atoms with Crippen molar-refractivity contribution >= 4 is 23.2 Å². The van der Waals surface area contributed by atoms with Crippen molar-refractivity contribution in [2.75, 3.05) is 10.6 Å². The second kappa shape index (κ2) is 6.00. The van der Waals surface area contributed by atoms with Gasteiger partial charge in [-0.2, -0.15) is 0 Å². The normalized spacial score (nSPS) is 15.2. The van der Waals surface area contributed by atoms with E-state index in [1.54, 1.807) is 0 Å². The van der Waals surface area contributed by atoms with E-state index in [0.717, 1.165) is 5.56 Å². The number of anilines is 2. The number of carbonyl (C=O) groups excluding carboxylic acids is 2. The minimum Gasteiger partial charge on any atom is -0.328 e. The molecular weight excluding hydrogens is 261 g/mol. The molecule has 2 amide bonds. The van der Waals surface area contributed by atoms with Gasteiger partial charge in [0.05, 0.1) is 5.69 Å². The SMILES string of the molecule is CC(N)CCC(=O)Nc1cc2c(cc1F)CCC(=O)N2. The highest BCUT2D eigenvalue weighted by molar-refractivity contribution is 5.96. The highest BCUT2D eigenvalue weighted by Crippen LogP contribution is 2.28. The number of rotatable bonds is 4. The zero-order valence-electron chi connectivity index (χ0n) is 11.3. The van der Waals surface area contributed by atoms with Crippen LogP contribution >= 0.6 is 0 Å². The summed E-state index contributed by atoms with van der Waals surface area (Å²) in [5.41, 5.74) is 6.96. The van der Waals surface area contributed by atoms with Gasteiger partial charge in [-0.15, -0.1) is 0 Å². The molecule has 1 aromatic carbocycles. The predicted octanol–water partition coefficient (Wildman–Crippen LogP) is 1.78. The van der Waals surface area contributed by atoms with E-state index in [4.69, 9.17) is 5.73 Å². The lowest BCUT2D eigenvalue weighted by molar-refractivity contribution is -0.117. The molecule has 1 heterocycles. The van der Waals surface area contributed by atoms with Gasteiger partial charge in [-0.3, -0.25) is 9.59 Å². The van der Waals surface area contributed by atoms with Gasteiger partial charge in [0.15, 0.2) is 0 Å². The Balaban J connectivity index is 2.10. The first-order chi connectivity index (χ1) is 9.45. The van der Waals surface area contributed by atoms with Crippen molar-refractivity contribution < 1.29 is 14.0 Å². The van der Waals surface area contributed by atoms with Crippen molar-refractivity contribution in [2.45, 2.75) is 38.6 Å². The molecule has 1 aliphatic heterocycles. The Hall–Kier alpha value is -1.95. The first kappa shape index (κ1) is 14.5. The molecule has 0 radical (unpaired) electrons. The third-order valence-corrected chi connectivity index (χ3v) is 3.19. The lowest BCUT2D eigenvalue weighted by Crippen LogP contribution is -2.21. The summed E-state index contributed by atoms with van der Waals surface area (Å²) in [5.74, 6) is -0.879. The molecule has 4 N–H and O–H groups in total. The minimum absolute atomic E-state index is 0.0755. The van der Waals surface area contributed by atoms with E-state index >= 15 is 0 Å². The number of carbonyl (C=O) groups is 2. The van der Waals surface area contributed by atoms with Crippen molar-refractivity contribution in [2.24, 2.45) is 5.73 Å². The second-order valence-corrected chi connectivity index (χ2v) is 5.10. The average molecular weight is 279 g/mol. The maximum atomic E-state index is 13.9. The van der Waals surface area contributed by atoms with Crippen LogP contribution in [0, 0.1) is 5.82 Å². The number of nitrogens with two attached hydrogens (primary N) is 1. The maximum Gasteiger partial charge on any atom is 0.224 e. The van der Waals surface area contributed by atoms with Crippen LogP contribution in [0.4, 0.5) is 15.8 Å². The molecule has 1 aliphatic rings. The summed E-state index contributed by atoms with van der Waals surface area (Å²) in [5, 5.41) is 5.18. The van der Waals surface area contributed by atoms with Crippen LogP contribution in [0.2, 0.25) is 0 Å². The molecule has 0 spiro atoms. The minimum atomic E-state index is -0.492. The number of fused-ring (bicyclic) bond motifs is 1. The first-order valence-corrected chi connectivity index (χ1v) is 6.63. The summed E-state index contributed by atoms with van der Waals surface area (Å²) >= 11 is 0. The molecule has 108 valence electrons. The molecule has 0 saturated heterocycles. The van der Waals surface area contributed by atoms with Crippen LogP contribution in [0.15, 0.2) is 12.1 Å². The van der Waals surface area contributed by atoms with Crippen molar-refractivity contribution in [1.82, 2.24) is 0 Å². The Morgan fingerprint density at radius 2 is 2.25 bits per heavy atom. The smallest absolute Gasteiger partial charge is 0.224 e. The van der Waals surface area contributed by atoms with Crippen molar-refractivity contribution in [3.05, 3.63) is 23.5 Å². The molecule has 5 nitrogen and oxygen atoms in total. The molecular formula is C14H18FN3O2. The third kappa shape index (κ3) is 3.54. The van der Waals surface area contributed by atoms with Crippen molar-refractivity contribution in [3.8, 4) is 0 Å². The monoisotopic (exact) mass is 279 g/mol. The molecule has 2 rings (SSSR count). The maximum absolute atomic E-state index is 13.9. The van der Waals surface area contributed by atoms with E-state index in [1.807, 2.05) is 6.92 Å². The van der Waals surface area contributed by atoms with Gasteiger partial charge in [0.2, 0.25) is 11.8 Å². The highest BCUT2D eigenvalue weighted by atomic mass is 19.1. The average Bonchev–Trinajstić information content (AvgIpc) is 2.38. The summed E-state index contributed by atoms with van der Waals surface area (Å²) in [6, 6.07) is 2.75. The molecule has 1 atom stereocenters. The van der Waals surface area contributed by atoms with Crippen LogP contribution in [-0.2, 0) is 16.0 Å². The van der Waals surface area contributed by atoms with Gasteiger partial charge in [-0.25, -0.2) is 4.39 Å². The van der Waals surface area contributed by atoms with E-state index in [9.17, 15) is 14.0 Å². The van der Waals surface area contributed by atoms with Gasteiger partial charge in [0, 0.05) is 24.6 Å². The Bertz CT molecular complexity index is 543. The number of nitrogens with one attached hydrogen (secondary N) is 2. The Labute approximate surface area is 116 Å². The van der Waals surface area contributed by atoms with Crippen LogP contribution < -0.4 is 16.4 Å². The van der Waals surface area contributed by atoms with Gasteiger partial charge in [-0.1, -0.05) is 0 Å². The summed E-state index contributed by atoms with van der Waals surface area (Å²) in [4.78, 5) is 23.0. The van der Waals surface area contributed by atoms with Gasteiger partial charge in [0.1, 0.15) is 5.82 Å². The number of halogens is 1. The summed E-state index contributed by atoms with van der Waals surface area (Å²) in [7, 11) is 0. The van der Waals surface area contributed by atoms with Gasteiger partial charge in [-0.05, 0) is 37.5 Å². The number of amides is 2. The summed E-state index contributed by atoms with van der Waals surface area (Å²) in [6.45, 7) is 1.81. The molecule has 20 heavy (non-hydrogen) atoms. The third-order valence-electron chi connectivity index (χ3n) is 3.19. The summed E-state index contributed by atoms with van der Waals surface area (Å²) in [6.07, 6.45) is 1.64. The molecule has 1 aromatic rings. The van der Waals surface area contributed by atoms with E-state index in [1.165, 1.54) is 12.1 Å². The number of aryl methyl sites for hydroxylation is 1. The van der Waals surface area contributed by atoms with Gasteiger partial charge >= 0.3 is 0 Å². The first-order valence-electron chi connectivity index (χ1n) is 6.63. The largest absolute Gasteiger partial charge is 0.328 e. The number of benzene rings is 1. The Kier molecular flexibility index (Phi) is 4.34. The Morgan fingerprint density at radius 3 is 2.95 bits per heavy atom. The summed E-state index contributed by atoms with van der Waals surface area (Å²) < 4.78 is 13.9. The molecule has 1 unspecified atom stereocenters. The van der Waals surface area contributed by atoms with E-state index < -0.39 is 5.82 Å². The van der Waals surface area contributed by atoms with Gasteiger partial charge < -0.3 is 16.4 Å². The van der Waals surface area contributed by atoms with E-state index in [2.05, 4.69) is 10.6 Å². The topological polar surface area (TPSA) is 84.2 Å². The molecule has 0 aliphatic carbocycles. The fourth-order valence-electron chi connectivity index (χ4n) is 2.07. The van der Waals surface area contributed by atoms with Crippen molar-refractivity contribution in [1.29, 1.82) is 0 Å². The molecule has 0 aromatic heterocycles. The lowest BCUT2D eigenvalue weighted by Gasteiger charge is -2.18. The second-order valence-electron chi connectivity index (χ2n) is 5.10. The van der Waals surface area contributed by atoms with Crippen LogP contribution in [0.3, 0.4) is 0 Å². The fraction of sp³-hybridized carbons (Fsp3) is 0.429. The molecule has 0 fully saturated rings. The predicted molar refractivity (Wildman–Crippen MR) is 74.9 cm³/mol. The quantitative estimate of drug-likeness (QED) is 0.785. The van der Waals surface area contributed by atoms with Crippen LogP contribution in [0.5, 0.6) is 0 Å². The fourth-order valence-corrected chi connectivity index (χ4v) is 2.07. The standard InChI is InChI=1S/C14H18FN3O2/c1-8(16)2-4-13(19)18-12-7-11-9(6-10(12)15)3-5-14(20)17-11/h6-8H,2-5,16H2,1H3,(H,17,20)(H,18,19). The highest BCUT2D eigenvalue weighted by Gasteiger charge is 2.18. The number of hydrogen-bond acceptors (Lipinski definition) is 3. The number of hydrogen-bond donors (Lipinski definition) is 3. The molecule has 0 bridgehead atoms. The Morgan fingerprint density at radius 1 is 1.50 bits per heavy atom. The van der Waals surface area contributed by atoms with Crippen LogP contribution in [0.25, 0.3) is 0 Å². The zero-order valence-corrected chi connectivity index (χ0v) is 11.3. The van der Waals surface area contributed by atoms with Crippen LogP contribution in [-0.4, -0.2) is 17.9 Å². The molecule has 0 saturated carbocycles. The van der Waals surface area contributed by atoms with Crippen LogP contribution in [0.1, 0.15) is 31.7 Å². The van der Waals surface area contributed by atoms with E-state index in [-0.39, 0.29) is 30.0 Å².